The number of rotatable bonds is 4. The maximum Gasteiger partial charge on any atom is 0.201 e. The Balaban J connectivity index is 2.20. The average molecular weight is 322 g/mol. The van der Waals surface area contributed by atoms with Gasteiger partial charge in [-0.1, -0.05) is 6.07 Å². The van der Waals surface area contributed by atoms with E-state index in [9.17, 15) is 0 Å². The number of nitrogens with zero attached hydrogens (tertiary/aromatic N) is 2. The van der Waals surface area contributed by atoms with Gasteiger partial charge in [0.1, 0.15) is 5.75 Å². The van der Waals surface area contributed by atoms with Gasteiger partial charge >= 0.3 is 0 Å². The Kier molecular flexibility index (Phi) is 4.34. The first-order valence-corrected chi connectivity index (χ1v) is 7.54. The smallest absolute Gasteiger partial charge is 0.201 e. The molecule has 5 nitrogen and oxygen atoms in total. The first-order valence-electron chi connectivity index (χ1n) is 7.54. The van der Waals surface area contributed by atoms with Crippen molar-refractivity contribution in [2.45, 2.75) is 18.8 Å². The first-order chi connectivity index (χ1) is 11.6. The van der Waals surface area contributed by atoms with E-state index in [-0.39, 0.29) is 0 Å². The van der Waals surface area contributed by atoms with Gasteiger partial charge in [-0.25, -0.2) is 0 Å². The highest BCUT2D eigenvalue weighted by molar-refractivity contribution is 5.88. The fraction of sp³-hybridized carbons (Fsp3) is 0.263. The lowest BCUT2D eigenvalue weighted by molar-refractivity contribution is -0.176. The van der Waals surface area contributed by atoms with Gasteiger partial charge in [-0.05, 0) is 43.3 Å². The molecule has 1 atom stereocenters. The predicted molar refractivity (Wildman–Crippen MR) is 90.1 cm³/mol. The molecule has 2 aromatic rings. The van der Waals surface area contributed by atoms with Gasteiger partial charge in [-0.15, -0.1) is 0 Å². The van der Waals surface area contributed by atoms with Crippen LogP contribution in [0.2, 0.25) is 0 Å². The van der Waals surface area contributed by atoms with Gasteiger partial charge in [0.2, 0.25) is 6.29 Å². The van der Waals surface area contributed by atoms with E-state index in [4.69, 9.17) is 19.5 Å². The summed E-state index contributed by atoms with van der Waals surface area (Å²) < 4.78 is 17.2. The molecule has 0 bridgehead atoms. The Morgan fingerprint density at radius 1 is 1.21 bits per heavy atom. The summed E-state index contributed by atoms with van der Waals surface area (Å²) in [6.45, 7) is 1.91. The molecule has 0 aliphatic carbocycles. The second-order valence-corrected chi connectivity index (χ2v) is 5.65. The van der Waals surface area contributed by atoms with E-state index in [0.29, 0.717) is 11.3 Å². The van der Waals surface area contributed by atoms with Crippen molar-refractivity contribution in [2.24, 2.45) is 0 Å². The van der Waals surface area contributed by atoms with E-state index >= 15 is 0 Å². The van der Waals surface area contributed by atoms with Gasteiger partial charge in [0.15, 0.2) is 5.60 Å². The molecule has 0 saturated carbocycles. The summed E-state index contributed by atoms with van der Waals surface area (Å²) in [6.07, 6.45) is 3.09. The molecule has 0 N–H and O–H groups in total. The topological polar surface area (TPSA) is 64.4 Å². The van der Waals surface area contributed by atoms with Crippen molar-refractivity contribution in [3.05, 3.63) is 59.4 Å². The molecule has 0 amide bonds. The SMILES string of the molecule is COC(OC)C1(C)Oc2ccc(C#N)cc2C=C1c1ccccn1. The third-order valence-corrected chi connectivity index (χ3v) is 4.11. The highest BCUT2D eigenvalue weighted by Crippen LogP contribution is 2.43. The molecule has 0 saturated heterocycles. The van der Waals surface area contributed by atoms with Crippen LogP contribution < -0.4 is 4.74 Å². The predicted octanol–water partition coefficient (Wildman–Crippen LogP) is 3.26. The second kappa shape index (κ2) is 6.44. The molecule has 5 heteroatoms. The van der Waals surface area contributed by atoms with Crippen LogP contribution in [0.5, 0.6) is 5.75 Å². The number of ether oxygens (including phenoxy) is 3. The molecule has 24 heavy (non-hydrogen) atoms. The quantitative estimate of drug-likeness (QED) is 0.808. The standard InChI is InChI=1S/C19H18N2O3/c1-19(18(22-2)23-3)15(16-6-4-5-9-21-16)11-14-10-13(12-20)7-8-17(14)24-19/h4-11,18H,1-3H3. The fourth-order valence-corrected chi connectivity index (χ4v) is 2.98. The lowest BCUT2D eigenvalue weighted by Gasteiger charge is -2.40. The molecular formula is C19H18N2O3. The molecule has 0 spiro atoms. The largest absolute Gasteiger partial charge is 0.477 e. The van der Waals surface area contributed by atoms with Crippen molar-refractivity contribution in [2.75, 3.05) is 14.2 Å². The number of hydrogen-bond donors (Lipinski definition) is 0. The lowest BCUT2D eigenvalue weighted by Crippen LogP contribution is -2.49. The van der Waals surface area contributed by atoms with Crippen LogP contribution >= 0.6 is 0 Å². The van der Waals surface area contributed by atoms with Gasteiger partial charge in [0.05, 0.1) is 17.3 Å². The first kappa shape index (κ1) is 16.2. The number of pyridine rings is 1. The Hall–Kier alpha value is -2.68. The molecular weight excluding hydrogens is 304 g/mol. The third kappa shape index (κ3) is 2.67. The minimum absolute atomic E-state index is 0.576. The second-order valence-electron chi connectivity index (χ2n) is 5.65. The maximum atomic E-state index is 9.13. The summed E-state index contributed by atoms with van der Waals surface area (Å²) in [5.41, 5.74) is 2.14. The zero-order chi connectivity index (χ0) is 17.2. The summed E-state index contributed by atoms with van der Waals surface area (Å²) in [5, 5.41) is 9.13. The Morgan fingerprint density at radius 3 is 2.62 bits per heavy atom. The molecule has 2 heterocycles. The minimum Gasteiger partial charge on any atom is -0.477 e. The van der Waals surface area contributed by atoms with Gasteiger partial charge in [0.25, 0.3) is 0 Å². The summed E-state index contributed by atoms with van der Waals surface area (Å²) in [6, 6.07) is 13.2. The summed E-state index contributed by atoms with van der Waals surface area (Å²) in [7, 11) is 3.15. The zero-order valence-corrected chi connectivity index (χ0v) is 13.8. The van der Waals surface area contributed by atoms with Crippen LogP contribution in [0.4, 0.5) is 0 Å². The number of benzene rings is 1. The number of fused-ring (bicyclic) bond motifs is 1. The molecule has 1 aromatic heterocycles. The zero-order valence-electron chi connectivity index (χ0n) is 13.8. The normalized spacial score (nSPS) is 19.2. The Bertz CT molecular complexity index is 807. The van der Waals surface area contributed by atoms with E-state index in [2.05, 4.69) is 11.1 Å². The molecule has 3 rings (SSSR count). The molecule has 1 aromatic carbocycles. The number of aromatic nitrogens is 1. The number of hydrogen-bond acceptors (Lipinski definition) is 5. The summed E-state index contributed by atoms with van der Waals surface area (Å²) in [4.78, 5) is 4.44. The Labute approximate surface area is 141 Å². The molecule has 1 aliphatic heterocycles. The highest BCUT2D eigenvalue weighted by Gasteiger charge is 2.44. The number of nitriles is 1. The minimum atomic E-state index is -0.876. The lowest BCUT2D eigenvalue weighted by atomic mass is 9.87. The van der Waals surface area contributed by atoms with E-state index in [1.54, 1.807) is 38.6 Å². The van der Waals surface area contributed by atoms with Crippen LogP contribution in [-0.2, 0) is 9.47 Å². The van der Waals surface area contributed by atoms with Crippen LogP contribution in [0.1, 0.15) is 23.7 Å². The van der Waals surface area contributed by atoms with E-state index in [1.165, 1.54) is 0 Å². The van der Waals surface area contributed by atoms with Crippen LogP contribution in [0.25, 0.3) is 11.6 Å². The molecule has 0 radical (unpaired) electrons. The van der Waals surface area contributed by atoms with Crippen molar-refractivity contribution in [3.63, 3.8) is 0 Å². The van der Waals surface area contributed by atoms with Crippen LogP contribution in [0, 0.1) is 11.3 Å². The van der Waals surface area contributed by atoms with E-state index in [1.807, 2.05) is 31.2 Å². The highest BCUT2D eigenvalue weighted by atomic mass is 16.7. The Morgan fingerprint density at radius 2 is 2.00 bits per heavy atom. The van der Waals surface area contributed by atoms with Gasteiger partial charge < -0.3 is 14.2 Å². The molecule has 122 valence electrons. The van der Waals surface area contributed by atoms with Gasteiger partial charge in [-0.2, -0.15) is 5.26 Å². The van der Waals surface area contributed by atoms with Crippen molar-refractivity contribution >= 4 is 11.6 Å². The van der Waals surface area contributed by atoms with Crippen LogP contribution in [-0.4, -0.2) is 31.1 Å². The van der Waals surface area contributed by atoms with E-state index < -0.39 is 11.9 Å². The summed E-state index contributed by atoms with van der Waals surface area (Å²) >= 11 is 0. The van der Waals surface area contributed by atoms with E-state index in [0.717, 1.165) is 16.8 Å². The summed E-state index contributed by atoms with van der Waals surface area (Å²) in [5.74, 6) is 0.676. The van der Waals surface area contributed by atoms with Crippen LogP contribution in [0.3, 0.4) is 0 Å². The molecule has 1 unspecified atom stereocenters. The van der Waals surface area contributed by atoms with Crippen molar-refractivity contribution in [1.29, 1.82) is 5.26 Å². The third-order valence-electron chi connectivity index (χ3n) is 4.11. The van der Waals surface area contributed by atoms with Crippen LogP contribution in [0.15, 0.2) is 42.6 Å². The van der Waals surface area contributed by atoms with Crippen molar-refractivity contribution in [3.8, 4) is 11.8 Å². The van der Waals surface area contributed by atoms with Crippen molar-refractivity contribution in [1.82, 2.24) is 4.98 Å². The average Bonchev–Trinajstić information content (AvgIpc) is 2.62. The van der Waals surface area contributed by atoms with Gasteiger partial charge in [-0.3, -0.25) is 4.98 Å². The monoisotopic (exact) mass is 322 g/mol. The fourth-order valence-electron chi connectivity index (χ4n) is 2.98. The molecule has 0 fully saturated rings. The van der Waals surface area contributed by atoms with Crippen molar-refractivity contribution < 1.29 is 14.2 Å². The van der Waals surface area contributed by atoms with Gasteiger partial charge in [0, 0.05) is 31.6 Å². The number of methoxy groups -OCH3 is 2. The maximum absolute atomic E-state index is 9.13. The molecule has 1 aliphatic rings.